The van der Waals surface area contributed by atoms with Gasteiger partial charge in [-0.1, -0.05) is 30.8 Å². The van der Waals surface area contributed by atoms with Crippen molar-refractivity contribution >= 4 is 22.9 Å². The van der Waals surface area contributed by atoms with Gasteiger partial charge in [0.05, 0.1) is 4.92 Å². The average molecular weight is 249 g/mol. The van der Waals surface area contributed by atoms with E-state index in [1.54, 1.807) is 12.1 Å². The first-order valence-corrected chi connectivity index (χ1v) is 5.92. The van der Waals surface area contributed by atoms with Gasteiger partial charge in [-0.25, -0.2) is 0 Å². The Hall–Kier alpha value is -2.68. The van der Waals surface area contributed by atoms with Crippen LogP contribution in [0.3, 0.4) is 0 Å². The Kier molecular flexibility index (Phi) is 2.53. The van der Waals surface area contributed by atoms with Crippen molar-refractivity contribution in [3.8, 4) is 0 Å². The van der Waals surface area contributed by atoms with Crippen LogP contribution in [0.5, 0.6) is 0 Å². The van der Waals surface area contributed by atoms with Crippen LogP contribution in [0.15, 0.2) is 55.1 Å². The molecule has 3 rings (SSSR count). The minimum absolute atomic E-state index is 0.102. The predicted octanol–water partition coefficient (Wildman–Crippen LogP) is 4.16. The lowest BCUT2D eigenvalue weighted by Crippen LogP contribution is -1.89. The third-order valence-corrected chi connectivity index (χ3v) is 3.30. The molecule has 1 aliphatic carbocycles. The Morgan fingerprint density at radius 2 is 1.68 bits per heavy atom. The van der Waals surface area contributed by atoms with E-state index in [4.69, 9.17) is 0 Å². The standard InChI is InChI=1S/C16H11NO2/c1-11-15-5-3-2-4-13(15)10-16(11)12-6-8-14(9-7-12)17(18)19/h2-10H,1H2. The Balaban J connectivity index is 2.01. The zero-order valence-electron chi connectivity index (χ0n) is 10.2. The second-order valence-electron chi connectivity index (χ2n) is 4.43. The molecule has 2 aromatic carbocycles. The van der Waals surface area contributed by atoms with Crippen LogP contribution in [0, 0.1) is 10.1 Å². The maximum absolute atomic E-state index is 10.6. The highest BCUT2D eigenvalue weighted by Gasteiger charge is 2.18. The van der Waals surface area contributed by atoms with Gasteiger partial charge in [0.25, 0.3) is 5.69 Å². The summed E-state index contributed by atoms with van der Waals surface area (Å²) in [5.74, 6) is 0. The average Bonchev–Trinajstić information content (AvgIpc) is 2.77. The van der Waals surface area contributed by atoms with E-state index in [0.717, 1.165) is 27.8 Å². The van der Waals surface area contributed by atoms with Crippen molar-refractivity contribution in [2.45, 2.75) is 0 Å². The van der Waals surface area contributed by atoms with Crippen molar-refractivity contribution < 1.29 is 4.92 Å². The van der Waals surface area contributed by atoms with Crippen molar-refractivity contribution in [2.75, 3.05) is 0 Å². The molecule has 2 aromatic rings. The Bertz CT molecular complexity index is 712. The van der Waals surface area contributed by atoms with Crippen LogP contribution < -0.4 is 0 Å². The molecule has 0 unspecified atom stereocenters. The quantitative estimate of drug-likeness (QED) is 0.592. The largest absolute Gasteiger partial charge is 0.269 e. The number of nitrogens with zero attached hydrogens (tertiary/aromatic N) is 1. The predicted molar refractivity (Wildman–Crippen MR) is 76.4 cm³/mol. The lowest BCUT2D eigenvalue weighted by atomic mass is 9.99. The molecule has 3 heteroatoms. The van der Waals surface area contributed by atoms with E-state index >= 15 is 0 Å². The van der Waals surface area contributed by atoms with Crippen LogP contribution in [0.1, 0.15) is 16.7 Å². The van der Waals surface area contributed by atoms with Crippen molar-refractivity contribution in [1.82, 2.24) is 0 Å². The summed E-state index contributed by atoms with van der Waals surface area (Å²) in [6.45, 7) is 4.11. The van der Waals surface area contributed by atoms with Crippen LogP contribution >= 0.6 is 0 Å². The fourth-order valence-corrected chi connectivity index (χ4v) is 2.31. The number of nitro benzene ring substituents is 1. The Morgan fingerprint density at radius 1 is 1.00 bits per heavy atom. The molecular weight excluding hydrogens is 238 g/mol. The summed E-state index contributed by atoms with van der Waals surface area (Å²) in [7, 11) is 0. The SMILES string of the molecule is C=C1C(c2ccc([N+](=O)[O-])cc2)=Cc2ccccc21. The topological polar surface area (TPSA) is 43.1 Å². The Morgan fingerprint density at radius 3 is 2.32 bits per heavy atom. The van der Waals surface area contributed by atoms with Crippen LogP contribution in [0.25, 0.3) is 17.2 Å². The molecule has 0 saturated carbocycles. The molecule has 92 valence electrons. The normalized spacial score (nSPS) is 13.1. The molecule has 0 radical (unpaired) electrons. The van der Waals surface area contributed by atoms with Gasteiger partial charge in [-0.3, -0.25) is 10.1 Å². The highest BCUT2D eigenvalue weighted by atomic mass is 16.6. The van der Waals surface area contributed by atoms with Gasteiger partial charge in [-0.05, 0) is 46.0 Å². The van der Waals surface area contributed by atoms with Crippen molar-refractivity contribution in [3.05, 3.63) is 81.9 Å². The van der Waals surface area contributed by atoms with E-state index in [0.29, 0.717) is 0 Å². The Labute approximate surface area is 110 Å². The number of allylic oxidation sites excluding steroid dienone is 2. The first-order valence-electron chi connectivity index (χ1n) is 5.92. The van der Waals surface area contributed by atoms with Crippen molar-refractivity contribution in [3.63, 3.8) is 0 Å². The summed E-state index contributed by atoms with van der Waals surface area (Å²) in [6.07, 6.45) is 2.07. The van der Waals surface area contributed by atoms with Gasteiger partial charge in [-0.15, -0.1) is 0 Å². The minimum atomic E-state index is -0.392. The summed E-state index contributed by atoms with van der Waals surface area (Å²) < 4.78 is 0. The molecular formula is C16H11NO2. The second-order valence-corrected chi connectivity index (χ2v) is 4.43. The smallest absolute Gasteiger partial charge is 0.258 e. The van der Waals surface area contributed by atoms with Gasteiger partial charge in [0, 0.05) is 12.1 Å². The maximum atomic E-state index is 10.6. The highest BCUT2D eigenvalue weighted by Crippen LogP contribution is 2.39. The fourth-order valence-electron chi connectivity index (χ4n) is 2.31. The summed E-state index contributed by atoms with van der Waals surface area (Å²) >= 11 is 0. The highest BCUT2D eigenvalue weighted by molar-refractivity contribution is 6.16. The van der Waals surface area contributed by atoms with Crippen LogP contribution in [0.2, 0.25) is 0 Å². The van der Waals surface area contributed by atoms with E-state index in [1.807, 2.05) is 24.3 Å². The molecule has 3 nitrogen and oxygen atoms in total. The van der Waals surface area contributed by atoms with E-state index in [9.17, 15) is 10.1 Å². The molecule has 0 spiro atoms. The molecule has 0 saturated heterocycles. The van der Waals surface area contributed by atoms with Gasteiger partial charge in [0.15, 0.2) is 0 Å². The van der Waals surface area contributed by atoms with E-state index in [1.165, 1.54) is 12.1 Å². The molecule has 0 aromatic heterocycles. The molecule has 0 heterocycles. The van der Waals surface area contributed by atoms with E-state index < -0.39 is 4.92 Å². The number of rotatable bonds is 2. The first kappa shape index (κ1) is 11.4. The second kappa shape index (κ2) is 4.21. The van der Waals surface area contributed by atoms with E-state index in [-0.39, 0.29) is 5.69 Å². The number of benzene rings is 2. The summed E-state index contributed by atoms with van der Waals surface area (Å²) in [5.41, 5.74) is 5.30. The molecule has 0 amide bonds. The maximum Gasteiger partial charge on any atom is 0.269 e. The zero-order valence-corrected chi connectivity index (χ0v) is 10.2. The van der Waals surface area contributed by atoms with E-state index in [2.05, 4.69) is 12.7 Å². The van der Waals surface area contributed by atoms with Crippen molar-refractivity contribution in [1.29, 1.82) is 0 Å². The number of hydrogen-bond donors (Lipinski definition) is 0. The fraction of sp³-hybridized carbons (Fsp3) is 0. The number of fused-ring (bicyclic) bond motifs is 1. The summed E-state index contributed by atoms with van der Waals surface area (Å²) in [5, 5.41) is 10.6. The molecule has 0 fully saturated rings. The van der Waals surface area contributed by atoms with Gasteiger partial charge in [0.1, 0.15) is 0 Å². The van der Waals surface area contributed by atoms with Crippen molar-refractivity contribution in [2.24, 2.45) is 0 Å². The molecule has 0 bridgehead atoms. The molecule has 1 aliphatic rings. The lowest BCUT2D eigenvalue weighted by molar-refractivity contribution is -0.384. The van der Waals surface area contributed by atoms with Gasteiger partial charge in [0.2, 0.25) is 0 Å². The zero-order chi connectivity index (χ0) is 13.4. The third-order valence-electron chi connectivity index (χ3n) is 3.30. The van der Waals surface area contributed by atoms with Gasteiger partial charge in [-0.2, -0.15) is 0 Å². The molecule has 0 aliphatic heterocycles. The summed E-state index contributed by atoms with van der Waals surface area (Å²) in [4.78, 5) is 10.3. The number of hydrogen-bond acceptors (Lipinski definition) is 2. The minimum Gasteiger partial charge on any atom is -0.258 e. The molecule has 19 heavy (non-hydrogen) atoms. The first-order chi connectivity index (χ1) is 9.16. The number of non-ortho nitro benzene ring substituents is 1. The van der Waals surface area contributed by atoms with Gasteiger partial charge < -0.3 is 0 Å². The summed E-state index contributed by atoms with van der Waals surface area (Å²) in [6, 6.07) is 14.6. The van der Waals surface area contributed by atoms with Crippen LogP contribution in [-0.4, -0.2) is 4.92 Å². The third kappa shape index (κ3) is 1.85. The molecule has 0 N–H and O–H groups in total. The number of nitro groups is 1. The van der Waals surface area contributed by atoms with Crippen LogP contribution in [-0.2, 0) is 0 Å². The van der Waals surface area contributed by atoms with Crippen LogP contribution in [0.4, 0.5) is 5.69 Å². The molecule has 0 atom stereocenters. The monoisotopic (exact) mass is 249 g/mol. The lowest BCUT2D eigenvalue weighted by Gasteiger charge is -2.05. The van der Waals surface area contributed by atoms with Gasteiger partial charge >= 0.3 is 0 Å².